The van der Waals surface area contributed by atoms with Crippen LogP contribution >= 0.6 is 15.9 Å². The zero-order chi connectivity index (χ0) is 15.0. The number of cyclic esters (lactones) is 1. The molecule has 1 heterocycles. The number of rotatable bonds is 2. The third-order valence-corrected chi connectivity index (χ3v) is 4.13. The molecule has 1 aliphatic rings. The summed E-state index contributed by atoms with van der Waals surface area (Å²) in [6.45, 7) is 3.86. The Kier molecular flexibility index (Phi) is 3.46. The molecule has 21 heavy (non-hydrogen) atoms. The Hall–Kier alpha value is -1.87. The van der Waals surface area contributed by atoms with Gasteiger partial charge < -0.3 is 4.74 Å². The van der Waals surface area contributed by atoms with Crippen LogP contribution < -0.4 is 0 Å². The fraction of sp³-hybridized carbons (Fsp3) is 0.167. The number of hydrogen-bond acceptors (Lipinski definition) is 2. The highest BCUT2D eigenvalue weighted by Crippen LogP contribution is 2.43. The maximum absolute atomic E-state index is 12.4. The number of ether oxygens (including phenoxy) is 1. The monoisotopic (exact) mass is 342 g/mol. The highest BCUT2D eigenvalue weighted by molar-refractivity contribution is 9.10. The Labute approximate surface area is 132 Å². The quantitative estimate of drug-likeness (QED) is 0.739. The number of carbonyl (C=O) groups excluding carboxylic acids is 1. The molecule has 106 valence electrons. The Balaban J connectivity index is 2.25. The van der Waals surface area contributed by atoms with Crippen LogP contribution in [0.3, 0.4) is 0 Å². The molecule has 3 rings (SSSR count). The van der Waals surface area contributed by atoms with Crippen LogP contribution in [0, 0.1) is 0 Å². The van der Waals surface area contributed by atoms with Crippen LogP contribution in [0.25, 0.3) is 11.1 Å². The molecule has 0 spiro atoms. The molecule has 2 aromatic rings. The Morgan fingerprint density at radius 3 is 2.14 bits per heavy atom. The second kappa shape index (κ2) is 5.15. The van der Waals surface area contributed by atoms with Crippen molar-refractivity contribution in [1.82, 2.24) is 0 Å². The summed E-state index contributed by atoms with van der Waals surface area (Å²) in [5.41, 5.74) is 2.87. The Morgan fingerprint density at radius 2 is 1.52 bits per heavy atom. The maximum Gasteiger partial charge on any atom is 0.340 e. The van der Waals surface area contributed by atoms with E-state index >= 15 is 0 Å². The first-order valence-electron chi connectivity index (χ1n) is 6.78. The van der Waals surface area contributed by atoms with Crippen LogP contribution in [0.1, 0.15) is 25.0 Å². The summed E-state index contributed by atoms with van der Waals surface area (Å²) in [7, 11) is 0. The second-order valence-corrected chi connectivity index (χ2v) is 6.44. The molecular weight excluding hydrogens is 328 g/mol. The number of hydrogen-bond donors (Lipinski definition) is 0. The molecule has 3 heteroatoms. The molecule has 2 nitrogen and oxygen atoms in total. The van der Waals surface area contributed by atoms with E-state index in [0.717, 1.165) is 21.2 Å². The third kappa shape index (κ3) is 2.54. The topological polar surface area (TPSA) is 26.3 Å². The summed E-state index contributed by atoms with van der Waals surface area (Å²) >= 11 is 3.42. The van der Waals surface area contributed by atoms with Crippen LogP contribution in [0.2, 0.25) is 0 Å². The minimum absolute atomic E-state index is 0.263. The van der Waals surface area contributed by atoms with Gasteiger partial charge in [0.25, 0.3) is 0 Å². The van der Waals surface area contributed by atoms with Gasteiger partial charge in [-0.15, -0.1) is 0 Å². The van der Waals surface area contributed by atoms with Crippen LogP contribution in [-0.2, 0) is 9.53 Å². The summed E-state index contributed by atoms with van der Waals surface area (Å²) in [5, 5.41) is 0. The summed E-state index contributed by atoms with van der Waals surface area (Å²) < 4.78 is 6.57. The van der Waals surface area contributed by atoms with Crippen LogP contribution in [-0.4, -0.2) is 11.6 Å². The minimum atomic E-state index is -0.624. The molecule has 2 aromatic carbocycles. The largest absolute Gasteiger partial charge is 0.451 e. The van der Waals surface area contributed by atoms with Crippen LogP contribution in [0.4, 0.5) is 0 Å². The SMILES string of the molecule is CC1(C)OC(=O)C(c2ccc(Br)cc2)=C1c1ccccc1. The molecule has 0 bridgehead atoms. The van der Waals surface area contributed by atoms with Crippen molar-refractivity contribution < 1.29 is 9.53 Å². The van der Waals surface area contributed by atoms with Crippen LogP contribution in [0.15, 0.2) is 59.1 Å². The first-order chi connectivity index (χ1) is 9.99. The highest BCUT2D eigenvalue weighted by atomic mass is 79.9. The number of carbonyl (C=O) groups is 1. The first kappa shape index (κ1) is 14.1. The standard InChI is InChI=1S/C18H15BrO2/c1-18(2)16(13-6-4-3-5-7-13)15(17(20)21-18)12-8-10-14(19)11-9-12/h3-11H,1-2H3. The molecule has 0 saturated carbocycles. The van der Waals surface area contributed by atoms with E-state index in [9.17, 15) is 4.79 Å². The number of halogens is 1. The normalized spacial score (nSPS) is 17.0. The fourth-order valence-electron chi connectivity index (χ4n) is 2.71. The lowest BCUT2D eigenvalue weighted by atomic mass is 9.87. The average Bonchev–Trinajstić information content (AvgIpc) is 2.70. The maximum atomic E-state index is 12.4. The lowest BCUT2D eigenvalue weighted by Crippen LogP contribution is -2.22. The molecule has 0 atom stereocenters. The minimum Gasteiger partial charge on any atom is -0.451 e. The summed E-state index contributed by atoms with van der Waals surface area (Å²) in [6.07, 6.45) is 0. The molecule has 0 aliphatic carbocycles. The zero-order valence-corrected chi connectivity index (χ0v) is 13.5. The molecule has 1 aliphatic heterocycles. The van der Waals surface area contributed by atoms with E-state index in [1.54, 1.807) is 0 Å². The number of esters is 1. The highest BCUT2D eigenvalue weighted by Gasteiger charge is 2.41. The molecule has 0 radical (unpaired) electrons. The van der Waals surface area contributed by atoms with Gasteiger partial charge in [-0.05, 0) is 37.1 Å². The average molecular weight is 343 g/mol. The van der Waals surface area contributed by atoms with Crippen LogP contribution in [0.5, 0.6) is 0 Å². The van der Waals surface area contributed by atoms with E-state index in [1.165, 1.54) is 0 Å². The predicted molar refractivity (Wildman–Crippen MR) is 87.6 cm³/mol. The lowest BCUT2D eigenvalue weighted by molar-refractivity contribution is -0.141. The smallest absolute Gasteiger partial charge is 0.340 e. The van der Waals surface area contributed by atoms with Crippen molar-refractivity contribution in [1.29, 1.82) is 0 Å². The first-order valence-corrected chi connectivity index (χ1v) is 7.58. The van der Waals surface area contributed by atoms with Crippen molar-refractivity contribution in [3.63, 3.8) is 0 Å². The summed E-state index contributed by atoms with van der Waals surface area (Å²) in [4.78, 5) is 12.4. The van der Waals surface area contributed by atoms with Crippen molar-refractivity contribution >= 4 is 33.0 Å². The van der Waals surface area contributed by atoms with E-state index in [2.05, 4.69) is 15.9 Å². The van der Waals surface area contributed by atoms with Gasteiger partial charge in [0, 0.05) is 10.0 Å². The van der Waals surface area contributed by atoms with E-state index in [1.807, 2.05) is 68.4 Å². The molecule has 0 unspecified atom stereocenters. The molecule has 0 saturated heterocycles. The van der Waals surface area contributed by atoms with Crippen molar-refractivity contribution in [2.24, 2.45) is 0 Å². The molecule has 0 amide bonds. The zero-order valence-electron chi connectivity index (χ0n) is 11.9. The van der Waals surface area contributed by atoms with Gasteiger partial charge in [-0.2, -0.15) is 0 Å². The predicted octanol–water partition coefficient (Wildman–Crippen LogP) is 4.70. The molecule has 0 fully saturated rings. The van der Waals surface area contributed by atoms with Crippen molar-refractivity contribution in [3.05, 3.63) is 70.2 Å². The third-order valence-electron chi connectivity index (χ3n) is 3.60. The number of benzene rings is 2. The van der Waals surface area contributed by atoms with E-state index in [-0.39, 0.29) is 5.97 Å². The molecule has 0 aromatic heterocycles. The van der Waals surface area contributed by atoms with Gasteiger partial charge in [-0.1, -0.05) is 58.4 Å². The fourth-order valence-corrected chi connectivity index (χ4v) is 2.98. The van der Waals surface area contributed by atoms with E-state index in [4.69, 9.17) is 4.74 Å². The van der Waals surface area contributed by atoms with Gasteiger partial charge >= 0.3 is 5.97 Å². The van der Waals surface area contributed by atoms with Gasteiger partial charge in [0.1, 0.15) is 5.60 Å². The summed E-state index contributed by atoms with van der Waals surface area (Å²) in [6, 6.07) is 17.7. The van der Waals surface area contributed by atoms with Gasteiger partial charge in [0.2, 0.25) is 0 Å². The van der Waals surface area contributed by atoms with E-state index < -0.39 is 5.60 Å². The van der Waals surface area contributed by atoms with E-state index in [0.29, 0.717) is 5.57 Å². The van der Waals surface area contributed by atoms with Crippen molar-refractivity contribution in [2.45, 2.75) is 19.4 Å². The van der Waals surface area contributed by atoms with Gasteiger partial charge in [-0.25, -0.2) is 4.79 Å². The van der Waals surface area contributed by atoms with Gasteiger partial charge in [0.05, 0.1) is 5.57 Å². The Bertz CT molecular complexity index is 713. The van der Waals surface area contributed by atoms with Crippen molar-refractivity contribution in [3.8, 4) is 0 Å². The molecule has 0 N–H and O–H groups in total. The Morgan fingerprint density at radius 1 is 0.905 bits per heavy atom. The summed E-state index contributed by atoms with van der Waals surface area (Å²) in [5.74, 6) is -0.263. The van der Waals surface area contributed by atoms with Gasteiger partial charge in [0.15, 0.2) is 0 Å². The molecular formula is C18H15BrO2. The van der Waals surface area contributed by atoms with Crippen molar-refractivity contribution in [2.75, 3.05) is 0 Å². The van der Waals surface area contributed by atoms with Gasteiger partial charge in [-0.3, -0.25) is 0 Å². The lowest BCUT2D eigenvalue weighted by Gasteiger charge is -2.21. The second-order valence-electron chi connectivity index (χ2n) is 5.52.